The monoisotopic (exact) mass is 312 g/mol. The van der Waals surface area contributed by atoms with E-state index in [0.717, 1.165) is 6.07 Å². The topological polar surface area (TPSA) is 34.1 Å². The van der Waals surface area contributed by atoms with Gasteiger partial charge in [-0.1, -0.05) is 23.2 Å². The molecule has 1 aromatic rings. The molecule has 90 valence electrons. The maximum Gasteiger partial charge on any atom is 0.417 e. The molecule has 0 spiro atoms. The molecular weight excluding hydrogens is 311 g/mol. The van der Waals surface area contributed by atoms with E-state index >= 15 is 0 Å². The minimum absolute atomic E-state index is 0.325. The molecule has 0 saturated carbocycles. The summed E-state index contributed by atoms with van der Waals surface area (Å²) in [6.07, 6.45) is -4.88. The van der Waals surface area contributed by atoms with Gasteiger partial charge in [-0.05, 0) is 12.1 Å². The third-order valence-electron chi connectivity index (χ3n) is 1.60. The Bertz CT molecular complexity index is 524. The largest absolute Gasteiger partial charge is 0.417 e. The third kappa shape index (κ3) is 2.74. The first kappa shape index (κ1) is 13.9. The molecule has 1 aromatic carbocycles. The second-order valence-corrected chi connectivity index (χ2v) is 5.96. The second kappa shape index (κ2) is 4.25. The fraction of sp³-hybridized carbons (Fsp3) is 0.143. The standard InChI is InChI=1S/C7H2Cl3F3O2S/c8-4-2-1-3(7(11,12)13)6(5(4)9)16(10,14)15/h1-2H. The molecule has 1 rings (SSSR count). The van der Waals surface area contributed by atoms with Gasteiger partial charge in [-0.3, -0.25) is 0 Å². The van der Waals surface area contributed by atoms with Crippen LogP contribution in [0.2, 0.25) is 10.0 Å². The molecule has 2 nitrogen and oxygen atoms in total. The van der Waals surface area contributed by atoms with E-state index in [0.29, 0.717) is 6.07 Å². The molecule has 0 atom stereocenters. The summed E-state index contributed by atoms with van der Waals surface area (Å²) in [5.74, 6) is 0. The van der Waals surface area contributed by atoms with E-state index in [-0.39, 0.29) is 5.02 Å². The SMILES string of the molecule is O=S(=O)(Cl)c1c(C(F)(F)F)ccc(Cl)c1Cl. The first-order valence-corrected chi connectivity index (χ1v) is 6.61. The summed E-state index contributed by atoms with van der Waals surface area (Å²) in [6, 6.07) is 1.35. The van der Waals surface area contributed by atoms with Crippen LogP contribution in [0.15, 0.2) is 17.0 Å². The molecule has 9 heteroatoms. The zero-order chi connectivity index (χ0) is 12.7. The lowest BCUT2D eigenvalue weighted by atomic mass is 10.2. The van der Waals surface area contributed by atoms with E-state index in [1.165, 1.54) is 0 Å². The van der Waals surface area contributed by atoms with Gasteiger partial charge in [0.15, 0.2) is 0 Å². The molecule has 0 aliphatic carbocycles. The van der Waals surface area contributed by atoms with E-state index in [9.17, 15) is 21.6 Å². The molecule has 0 fully saturated rings. The summed E-state index contributed by atoms with van der Waals surface area (Å²) in [5, 5.41) is -1.07. The average molecular weight is 314 g/mol. The number of hydrogen-bond acceptors (Lipinski definition) is 2. The minimum atomic E-state index is -4.88. The lowest BCUT2D eigenvalue weighted by Gasteiger charge is -2.12. The molecule has 0 heterocycles. The van der Waals surface area contributed by atoms with Crippen molar-refractivity contribution < 1.29 is 21.6 Å². The minimum Gasteiger partial charge on any atom is -0.207 e. The summed E-state index contributed by atoms with van der Waals surface area (Å²) in [7, 11) is 0.242. The van der Waals surface area contributed by atoms with Crippen LogP contribution in [0.25, 0.3) is 0 Å². The van der Waals surface area contributed by atoms with Crippen molar-refractivity contribution in [3.8, 4) is 0 Å². The third-order valence-corrected chi connectivity index (χ3v) is 3.89. The first-order valence-electron chi connectivity index (χ1n) is 3.55. The van der Waals surface area contributed by atoms with Gasteiger partial charge in [0.05, 0.1) is 15.6 Å². The second-order valence-electron chi connectivity index (χ2n) is 2.67. The highest BCUT2D eigenvalue weighted by atomic mass is 35.7. The molecule has 0 aromatic heterocycles. The molecule has 0 unspecified atom stereocenters. The Morgan fingerprint density at radius 1 is 1.12 bits per heavy atom. The summed E-state index contributed by atoms with van der Waals surface area (Å²) < 4.78 is 59.4. The average Bonchev–Trinajstić information content (AvgIpc) is 2.05. The Balaban J connectivity index is 3.73. The van der Waals surface area contributed by atoms with Crippen LogP contribution < -0.4 is 0 Å². The van der Waals surface area contributed by atoms with Gasteiger partial charge in [0.25, 0.3) is 9.05 Å². The lowest BCUT2D eigenvalue weighted by molar-refractivity contribution is -0.139. The van der Waals surface area contributed by atoms with E-state index in [1.807, 2.05) is 0 Å². The fourth-order valence-corrected chi connectivity index (χ4v) is 3.05. The van der Waals surface area contributed by atoms with Gasteiger partial charge in [0.1, 0.15) is 4.90 Å². The van der Waals surface area contributed by atoms with Gasteiger partial charge in [0, 0.05) is 10.7 Å². The van der Waals surface area contributed by atoms with Crippen LogP contribution in [0, 0.1) is 0 Å². The Labute approximate surface area is 103 Å². The number of halogens is 6. The van der Waals surface area contributed by atoms with Crippen molar-refractivity contribution in [2.75, 3.05) is 0 Å². The highest BCUT2D eigenvalue weighted by Gasteiger charge is 2.38. The first-order chi connectivity index (χ1) is 7.05. The summed E-state index contributed by atoms with van der Waals surface area (Å²) >= 11 is 10.8. The van der Waals surface area contributed by atoms with Gasteiger partial charge < -0.3 is 0 Å². The normalized spacial score (nSPS) is 12.9. The smallest absolute Gasteiger partial charge is 0.207 e. The summed E-state index contributed by atoms with van der Waals surface area (Å²) in [6.45, 7) is 0. The van der Waals surface area contributed by atoms with Crippen molar-refractivity contribution in [2.45, 2.75) is 11.1 Å². The predicted octanol–water partition coefficient (Wildman–Crippen LogP) is 3.94. The van der Waals surface area contributed by atoms with Crippen molar-refractivity contribution in [3.05, 3.63) is 27.7 Å². The van der Waals surface area contributed by atoms with Crippen molar-refractivity contribution in [3.63, 3.8) is 0 Å². The van der Waals surface area contributed by atoms with Crippen LogP contribution in [0.5, 0.6) is 0 Å². The van der Waals surface area contributed by atoms with Crippen molar-refractivity contribution in [2.24, 2.45) is 0 Å². The van der Waals surface area contributed by atoms with Crippen molar-refractivity contribution >= 4 is 42.9 Å². The number of benzene rings is 1. The quantitative estimate of drug-likeness (QED) is 0.736. The highest BCUT2D eigenvalue weighted by molar-refractivity contribution is 8.13. The lowest BCUT2D eigenvalue weighted by Crippen LogP contribution is -2.11. The molecule has 0 saturated heterocycles. The summed E-state index contributed by atoms with van der Waals surface area (Å²) in [5.41, 5.74) is -1.45. The zero-order valence-corrected chi connectivity index (χ0v) is 10.2. The molecule has 0 radical (unpaired) electrons. The maximum atomic E-state index is 12.5. The van der Waals surface area contributed by atoms with Crippen molar-refractivity contribution in [1.82, 2.24) is 0 Å². The Hall–Kier alpha value is -0.170. The van der Waals surface area contributed by atoms with Gasteiger partial charge in [0.2, 0.25) is 0 Å². The van der Waals surface area contributed by atoms with Gasteiger partial charge in [-0.2, -0.15) is 13.2 Å². The van der Waals surface area contributed by atoms with Gasteiger partial charge in [-0.25, -0.2) is 8.42 Å². The van der Waals surface area contributed by atoms with E-state index in [1.54, 1.807) is 0 Å². The van der Waals surface area contributed by atoms with E-state index in [4.69, 9.17) is 33.9 Å². The molecule has 0 bridgehead atoms. The van der Waals surface area contributed by atoms with Crippen LogP contribution >= 0.6 is 33.9 Å². The van der Waals surface area contributed by atoms with Crippen LogP contribution in [0.3, 0.4) is 0 Å². The van der Waals surface area contributed by atoms with E-state index < -0.39 is 30.7 Å². The molecule has 0 aliphatic rings. The zero-order valence-electron chi connectivity index (χ0n) is 7.15. The number of rotatable bonds is 1. The molecular formula is C7H2Cl3F3O2S. The van der Waals surface area contributed by atoms with Crippen LogP contribution in [-0.4, -0.2) is 8.42 Å². The predicted molar refractivity (Wildman–Crippen MR) is 54.5 cm³/mol. The Morgan fingerprint density at radius 2 is 1.62 bits per heavy atom. The highest BCUT2D eigenvalue weighted by Crippen LogP contribution is 2.41. The van der Waals surface area contributed by atoms with E-state index in [2.05, 4.69) is 0 Å². The molecule has 0 amide bonds. The van der Waals surface area contributed by atoms with Crippen LogP contribution in [-0.2, 0) is 15.2 Å². The van der Waals surface area contributed by atoms with Crippen molar-refractivity contribution in [1.29, 1.82) is 0 Å². The molecule has 0 aliphatic heterocycles. The Kier molecular flexibility index (Phi) is 3.69. The number of hydrogen-bond donors (Lipinski definition) is 0. The number of alkyl halides is 3. The van der Waals surface area contributed by atoms with Gasteiger partial charge >= 0.3 is 6.18 Å². The van der Waals surface area contributed by atoms with Gasteiger partial charge in [-0.15, -0.1) is 0 Å². The molecule has 0 N–H and O–H groups in total. The van der Waals surface area contributed by atoms with Crippen LogP contribution in [0.1, 0.15) is 5.56 Å². The fourth-order valence-electron chi connectivity index (χ4n) is 0.994. The maximum absolute atomic E-state index is 12.5. The summed E-state index contributed by atoms with van der Waals surface area (Å²) in [4.78, 5) is -1.23. The molecule has 16 heavy (non-hydrogen) atoms. The Morgan fingerprint density at radius 3 is 2.00 bits per heavy atom. The van der Waals surface area contributed by atoms with Crippen LogP contribution in [0.4, 0.5) is 13.2 Å².